The average molecular weight is 538 g/mol. The smallest absolute Gasteiger partial charge is 0.256 e. The summed E-state index contributed by atoms with van der Waals surface area (Å²) >= 11 is 3.94. The fraction of sp³-hybridized carbons (Fsp3) is 0.115. The van der Waals surface area contributed by atoms with Crippen molar-refractivity contribution in [3.8, 4) is 0 Å². The Labute approximate surface area is 200 Å². The molecule has 3 aromatic carbocycles. The zero-order chi connectivity index (χ0) is 21.8. The predicted molar refractivity (Wildman–Crippen MR) is 139 cm³/mol. The molecule has 0 aliphatic heterocycles. The van der Waals surface area contributed by atoms with Crippen molar-refractivity contribution < 1.29 is 4.79 Å². The second-order valence-electron chi connectivity index (χ2n) is 7.34. The summed E-state index contributed by atoms with van der Waals surface area (Å²) in [6.45, 7) is 4.24. The van der Waals surface area contributed by atoms with Crippen molar-refractivity contribution in [1.29, 1.82) is 0 Å². The van der Waals surface area contributed by atoms with Crippen molar-refractivity contribution >= 4 is 50.5 Å². The summed E-state index contributed by atoms with van der Waals surface area (Å²) in [7, 11) is 0. The average Bonchev–Trinajstić information content (AvgIpc) is 3.07. The summed E-state index contributed by atoms with van der Waals surface area (Å²) in [6.07, 6.45) is 0. The van der Waals surface area contributed by atoms with Crippen LogP contribution < -0.4 is 10.6 Å². The first-order valence-corrected chi connectivity index (χ1v) is 12.0. The van der Waals surface area contributed by atoms with Gasteiger partial charge in [-0.25, -0.2) is 0 Å². The summed E-state index contributed by atoms with van der Waals surface area (Å²) < 4.78 is 1.19. The van der Waals surface area contributed by atoms with Crippen LogP contribution in [0.3, 0.4) is 0 Å². The Bertz CT molecular complexity index is 1170. The summed E-state index contributed by atoms with van der Waals surface area (Å²) in [5.41, 5.74) is 5.14. The molecule has 0 fully saturated rings. The highest BCUT2D eigenvalue weighted by molar-refractivity contribution is 14.1. The minimum absolute atomic E-state index is 0.0858. The highest BCUT2D eigenvalue weighted by Gasteiger charge is 2.24. The fourth-order valence-electron chi connectivity index (χ4n) is 3.53. The topological polar surface area (TPSA) is 41.1 Å². The van der Waals surface area contributed by atoms with E-state index in [-0.39, 0.29) is 11.9 Å². The molecule has 0 aliphatic rings. The van der Waals surface area contributed by atoms with Gasteiger partial charge < -0.3 is 10.6 Å². The molecule has 0 saturated heterocycles. The van der Waals surface area contributed by atoms with E-state index in [2.05, 4.69) is 95.6 Å². The lowest BCUT2D eigenvalue weighted by atomic mass is 9.96. The lowest BCUT2D eigenvalue weighted by Crippen LogP contribution is -2.17. The first kappa shape index (κ1) is 21.6. The third-order valence-corrected chi connectivity index (χ3v) is 7.13. The number of hydrogen-bond donors (Lipinski definition) is 2. The third kappa shape index (κ3) is 4.99. The standard InChI is InChI=1S/C26H23IN2OS/c1-17-18(2)31-26(29-25(30)20-11-7-4-8-12-20)23(17)24(19-9-5-3-6-10-19)28-22-15-13-21(27)14-16-22/h3-16,24,28H,1-2H3,(H,29,30)/t24-/m0/s1. The normalized spacial score (nSPS) is 11.7. The molecule has 0 radical (unpaired) electrons. The summed E-state index contributed by atoms with van der Waals surface area (Å²) in [5, 5.41) is 7.76. The van der Waals surface area contributed by atoms with Crippen molar-refractivity contribution in [3.05, 3.63) is 116 Å². The number of thiophene rings is 1. The van der Waals surface area contributed by atoms with Crippen LogP contribution in [0.15, 0.2) is 84.9 Å². The van der Waals surface area contributed by atoms with Gasteiger partial charge in [0, 0.05) is 25.3 Å². The van der Waals surface area contributed by atoms with Crippen molar-refractivity contribution in [1.82, 2.24) is 0 Å². The monoisotopic (exact) mass is 538 g/mol. The van der Waals surface area contributed by atoms with Crippen LogP contribution in [0.25, 0.3) is 0 Å². The predicted octanol–water partition coefficient (Wildman–Crippen LogP) is 7.42. The van der Waals surface area contributed by atoms with Gasteiger partial charge >= 0.3 is 0 Å². The van der Waals surface area contributed by atoms with Crippen LogP contribution in [0.1, 0.15) is 38.0 Å². The molecule has 0 saturated carbocycles. The van der Waals surface area contributed by atoms with Gasteiger partial charge in [-0.15, -0.1) is 11.3 Å². The Morgan fingerprint density at radius 1 is 0.871 bits per heavy atom. The fourth-order valence-corrected chi connectivity index (χ4v) is 4.98. The Kier molecular flexibility index (Phi) is 6.73. The van der Waals surface area contributed by atoms with E-state index in [0.29, 0.717) is 5.56 Å². The van der Waals surface area contributed by atoms with E-state index in [0.717, 1.165) is 21.8 Å². The molecule has 3 nitrogen and oxygen atoms in total. The maximum atomic E-state index is 12.9. The van der Waals surface area contributed by atoms with Gasteiger partial charge in [-0.05, 0) is 84.0 Å². The zero-order valence-electron chi connectivity index (χ0n) is 17.4. The Morgan fingerprint density at radius 2 is 1.48 bits per heavy atom. The number of carbonyl (C=O) groups is 1. The molecule has 4 aromatic rings. The van der Waals surface area contributed by atoms with E-state index in [4.69, 9.17) is 0 Å². The Hall–Kier alpha value is -2.64. The quantitative estimate of drug-likeness (QED) is 0.251. The highest BCUT2D eigenvalue weighted by Crippen LogP contribution is 2.41. The van der Waals surface area contributed by atoms with Gasteiger partial charge in [-0.1, -0.05) is 48.5 Å². The molecular formula is C26H23IN2OS. The molecule has 0 aliphatic carbocycles. The van der Waals surface area contributed by atoms with Crippen molar-refractivity contribution in [2.75, 3.05) is 10.6 Å². The highest BCUT2D eigenvalue weighted by atomic mass is 127. The molecule has 1 aromatic heterocycles. The number of halogens is 1. The van der Waals surface area contributed by atoms with E-state index in [9.17, 15) is 4.79 Å². The van der Waals surface area contributed by atoms with Gasteiger partial charge in [0.15, 0.2) is 0 Å². The largest absolute Gasteiger partial charge is 0.374 e. The molecule has 156 valence electrons. The number of amides is 1. The van der Waals surface area contributed by atoms with Crippen LogP contribution >= 0.6 is 33.9 Å². The Morgan fingerprint density at radius 3 is 2.13 bits per heavy atom. The summed E-state index contributed by atoms with van der Waals surface area (Å²) in [5.74, 6) is -0.0934. The molecule has 31 heavy (non-hydrogen) atoms. The molecule has 1 heterocycles. The van der Waals surface area contributed by atoms with E-state index in [1.807, 2.05) is 36.4 Å². The SMILES string of the molecule is Cc1sc(NC(=O)c2ccccc2)c([C@@H](Nc2ccc(I)cc2)c2ccccc2)c1C. The van der Waals surface area contributed by atoms with Crippen LogP contribution in [0, 0.1) is 17.4 Å². The molecule has 5 heteroatoms. The van der Waals surface area contributed by atoms with Gasteiger partial charge in [0.2, 0.25) is 0 Å². The molecule has 0 unspecified atom stereocenters. The minimum Gasteiger partial charge on any atom is -0.374 e. The maximum absolute atomic E-state index is 12.9. The van der Waals surface area contributed by atoms with Crippen molar-refractivity contribution in [3.63, 3.8) is 0 Å². The Balaban J connectivity index is 1.75. The van der Waals surface area contributed by atoms with E-state index in [1.165, 1.54) is 14.0 Å². The second kappa shape index (κ2) is 9.66. The molecule has 2 N–H and O–H groups in total. The van der Waals surface area contributed by atoms with Crippen molar-refractivity contribution in [2.45, 2.75) is 19.9 Å². The molecule has 1 atom stereocenters. The van der Waals surface area contributed by atoms with Crippen LogP contribution in [0.2, 0.25) is 0 Å². The van der Waals surface area contributed by atoms with Crippen LogP contribution in [-0.4, -0.2) is 5.91 Å². The molecular weight excluding hydrogens is 515 g/mol. The first-order valence-electron chi connectivity index (χ1n) is 10.1. The third-order valence-electron chi connectivity index (χ3n) is 5.27. The number of carbonyl (C=O) groups excluding carboxylic acids is 1. The lowest BCUT2D eigenvalue weighted by molar-refractivity contribution is 0.102. The first-order chi connectivity index (χ1) is 15.0. The van der Waals surface area contributed by atoms with E-state index >= 15 is 0 Å². The minimum atomic E-state index is -0.0934. The number of benzene rings is 3. The van der Waals surface area contributed by atoms with Crippen LogP contribution in [0.4, 0.5) is 10.7 Å². The van der Waals surface area contributed by atoms with Gasteiger partial charge in [0.1, 0.15) is 5.00 Å². The number of nitrogens with one attached hydrogen (secondary N) is 2. The van der Waals surface area contributed by atoms with E-state index < -0.39 is 0 Å². The van der Waals surface area contributed by atoms with Crippen molar-refractivity contribution in [2.24, 2.45) is 0 Å². The molecule has 4 rings (SSSR count). The van der Waals surface area contributed by atoms with Gasteiger partial charge in [0.25, 0.3) is 5.91 Å². The maximum Gasteiger partial charge on any atom is 0.256 e. The van der Waals surface area contributed by atoms with Gasteiger partial charge in [-0.2, -0.15) is 0 Å². The molecule has 1 amide bonds. The number of aryl methyl sites for hydroxylation is 1. The number of rotatable bonds is 6. The van der Waals surface area contributed by atoms with Crippen LogP contribution in [-0.2, 0) is 0 Å². The lowest BCUT2D eigenvalue weighted by Gasteiger charge is -2.23. The number of hydrogen-bond acceptors (Lipinski definition) is 3. The zero-order valence-corrected chi connectivity index (χ0v) is 20.3. The van der Waals surface area contributed by atoms with E-state index in [1.54, 1.807) is 11.3 Å². The second-order valence-corrected chi connectivity index (χ2v) is 9.81. The number of anilines is 2. The molecule has 0 spiro atoms. The van der Waals surface area contributed by atoms with Gasteiger partial charge in [-0.3, -0.25) is 4.79 Å². The van der Waals surface area contributed by atoms with Gasteiger partial charge in [0.05, 0.1) is 6.04 Å². The van der Waals surface area contributed by atoms with Crippen LogP contribution in [0.5, 0.6) is 0 Å². The summed E-state index contributed by atoms with van der Waals surface area (Å²) in [4.78, 5) is 14.1. The molecule has 0 bridgehead atoms. The summed E-state index contributed by atoms with van der Waals surface area (Å²) in [6, 6.07) is 28.0.